The number of aryl methyl sites for hydroxylation is 1. The van der Waals surface area contributed by atoms with Gasteiger partial charge in [-0.3, -0.25) is 4.68 Å². The average molecular weight is 251 g/mol. The number of nitrogens with zero attached hydrogens (tertiary/aromatic N) is 4. The molecule has 2 aromatic rings. The minimum absolute atomic E-state index is 0.0306. The first-order valence-corrected chi connectivity index (χ1v) is 6.34. The number of hydrogen-bond acceptors (Lipinski definition) is 5. The molecule has 0 atom stereocenters. The largest absolute Gasteiger partial charge is 0.375 e. The van der Waals surface area contributed by atoms with Gasteiger partial charge in [0.05, 0.1) is 12.1 Å². The molecular weight excluding hydrogens is 234 g/mol. The smallest absolute Gasteiger partial charge is 0.180 e. The van der Waals surface area contributed by atoms with Gasteiger partial charge in [0.25, 0.3) is 0 Å². The van der Waals surface area contributed by atoms with Crippen molar-refractivity contribution in [3.8, 4) is 0 Å². The lowest BCUT2D eigenvalue weighted by atomic mass is 9.96. The third-order valence-electron chi connectivity index (χ3n) is 2.43. The zero-order valence-corrected chi connectivity index (χ0v) is 11.4. The molecular formula is C11H17N5S. The Morgan fingerprint density at radius 2 is 2.06 bits per heavy atom. The van der Waals surface area contributed by atoms with Crippen molar-refractivity contribution < 1.29 is 0 Å². The molecule has 0 amide bonds. The first-order chi connectivity index (χ1) is 7.86. The second-order valence-corrected chi connectivity index (χ2v) is 5.97. The van der Waals surface area contributed by atoms with Gasteiger partial charge in [-0.15, -0.1) is 11.3 Å². The Hall–Kier alpha value is -1.43. The Morgan fingerprint density at radius 1 is 1.35 bits per heavy atom. The summed E-state index contributed by atoms with van der Waals surface area (Å²) in [6.45, 7) is 6.31. The minimum Gasteiger partial charge on any atom is -0.375 e. The zero-order valence-electron chi connectivity index (χ0n) is 10.6. The molecule has 2 aromatic heterocycles. The van der Waals surface area contributed by atoms with E-state index in [9.17, 15) is 0 Å². The number of aromatic nitrogens is 4. The molecule has 0 saturated heterocycles. The molecule has 5 nitrogen and oxygen atoms in total. The van der Waals surface area contributed by atoms with Crippen LogP contribution in [0.15, 0.2) is 5.38 Å². The van der Waals surface area contributed by atoms with E-state index < -0.39 is 0 Å². The predicted octanol–water partition coefficient (Wildman–Crippen LogP) is 1.74. The van der Waals surface area contributed by atoms with E-state index in [1.165, 1.54) is 11.3 Å². The quantitative estimate of drug-likeness (QED) is 0.882. The van der Waals surface area contributed by atoms with Crippen molar-refractivity contribution in [2.45, 2.75) is 32.6 Å². The molecule has 0 aliphatic heterocycles. The number of rotatable bonds is 2. The van der Waals surface area contributed by atoms with Crippen LogP contribution in [0, 0.1) is 0 Å². The summed E-state index contributed by atoms with van der Waals surface area (Å²) >= 11 is 1.45. The molecule has 0 aliphatic carbocycles. The van der Waals surface area contributed by atoms with Gasteiger partial charge >= 0.3 is 0 Å². The fourth-order valence-electron chi connectivity index (χ4n) is 1.45. The molecule has 0 aliphatic rings. The lowest BCUT2D eigenvalue weighted by Crippen LogP contribution is -2.13. The van der Waals surface area contributed by atoms with Crippen molar-refractivity contribution in [1.82, 2.24) is 19.7 Å². The van der Waals surface area contributed by atoms with Crippen LogP contribution in [0.2, 0.25) is 0 Å². The minimum atomic E-state index is -0.0306. The van der Waals surface area contributed by atoms with Crippen LogP contribution in [-0.4, -0.2) is 19.7 Å². The highest BCUT2D eigenvalue weighted by atomic mass is 32.1. The summed E-state index contributed by atoms with van der Waals surface area (Å²) in [5.41, 5.74) is 6.53. The van der Waals surface area contributed by atoms with Gasteiger partial charge in [0.2, 0.25) is 0 Å². The highest BCUT2D eigenvalue weighted by Crippen LogP contribution is 2.20. The van der Waals surface area contributed by atoms with E-state index in [1.807, 2.05) is 17.1 Å². The maximum atomic E-state index is 5.61. The highest BCUT2D eigenvalue weighted by molar-refractivity contribution is 7.13. The average Bonchev–Trinajstić information content (AvgIpc) is 2.74. The van der Waals surface area contributed by atoms with Gasteiger partial charge in [-0.2, -0.15) is 5.10 Å². The number of nitrogens with two attached hydrogens (primary N) is 1. The van der Waals surface area contributed by atoms with Crippen LogP contribution in [0.3, 0.4) is 0 Å². The molecule has 0 saturated carbocycles. The van der Waals surface area contributed by atoms with Gasteiger partial charge in [0.1, 0.15) is 5.82 Å². The second kappa shape index (κ2) is 4.10. The van der Waals surface area contributed by atoms with E-state index in [0.29, 0.717) is 11.6 Å². The van der Waals surface area contributed by atoms with E-state index in [2.05, 4.69) is 35.8 Å². The molecule has 0 fully saturated rings. The van der Waals surface area contributed by atoms with Gasteiger partial charge < -0.3 is 5.73 Å². The van der Waals surface area contributed by atoms with Crippen LogP contribution in [0.1, 0.15) is 38.1 Å². The molecule has 2 N–H and O–H groups in total. The third kappa shape index (κ3) is 2.63. The summed E-state index contributed by atoms with van der Waals surface area (Å²) in [6.07, 6.45) is 0.674. The third-order valence-corrected chi connectivity index (χ3v) is 3.16. The highest BCUT2D eigenvalue weighted by Gasteiger charge is 2.21. The van der Waals surface area contributed by atoms with E-state index in [1.54, 1.807) is 0 Å². The summed E-state index contributed by atoms with van der Waals surface area (Å²) in [4.78, 5) is 8.79. The molecule has 92 valence electrons. The van der Waals surface area contributed by atoms with Crippen LogP contribution in [0.5, 0.6) is 0 Å². The van der Waals surface area contributed by atoms with Crippen LogP contribution < -0.4 is 5.73 Å². The van der Waals surface area contributed by atoms with Gasteiger partial charge in [-0.1, -0.05) is 20.8 Å². The molecule has 0 radical (unpaired) electrons. The van der Waals surface area contributed by atoms with Crippen LogP contribution >= 0.6 is 11.3 Å². The van der Waals surface area contributed by atoms with Crippen LogP contribution in [0.4, 0.5) is 5.13 Å². The summed E-state index contributed by atoms with van der Waals surface area (Å²) in [7, 11) is 1.91. The maximum Gasteiger partial charge on any atom is 0.180 e. The molecule has 0 unspecified atom stereocenters. The molecule has 0 aromatic carbocycles. The molecule has 2 heterocycles. The van der Waals surface area contributed by atoms with Crippen molar-refractivity contribution in [2.24, 2.45) is 7.05 Å². The maximum absolute atomic E-state index is 5.61. The molecule has 2 rings (SSSR count). The Bertz CT molecular complexity index is 520. The zero-order chi connectivity index (χ0) is 12.6. The SMILES string of the molecule is Cn1nc(C(C)(C)C)nc1Cc1csc(N)n1. The van der Waals surface area contributed by atoms with Crippen molar-refractivity contribution in [2.75, 3.05) is 5.73 Å². The fraction of sp³-hybridized carbons (Fsp3) is 0.545. The first kappa shape index (κ1) is 12.0. The van der Waals surface area contributed by atoms with Crippen LogP contribution in [0.25, 0.3) is 0 Å². The molecule has 0 spiro atoms. The van der Waals surface area contributed by atoms with Crippen molar-refractivity contribution in [3.63, 3.8) is 0 Å². The van der Waals surface area contributed by atoms with Crippen LogP contribution in [-0.2, 0) is 18.9 Å². The monoisotopic (exact) mass is 251 g/mol. The standard InChI is InChI=1S/C11H17N5S/c1-11(2,3)9-14-8(16(4)15-9)5-7-6-17-10(12)13-7/h6H,5H2,1-4H3,(H2,12,13). The Labute approximate surface area is 105 Å². The van der Waals surface area contributed by atoms with Crippen molar-refractivity contribution in [3.05, 3.63) is 22.7 Å². The Balaban J connectivity index is 2.25. The summed E-state index contributed by atoms with van der Waals surface area (Å²) < 4.78 is 1.82. The topological polar surface area (TPSA) is 69.6 Å². The molecule has 0 bridgehead atoms. The normalized spacial score (nSPS) is 12.0. The Morgan fingerprint density at radius 3 is 2.53 bits per heavy atom. The summed E-state index contributed by atoms with van der Waals surface area (Å²) in [5.74, 6) is 1.78. The van der Waals surface area contributed by atoms with E-state index >= 15 is 0 Å². The Kier molecular flexibility index (Phi) is 2.91. The van der Waals surface area contributed by atoms with Crippen molar-refractivity contribution in [1.29, 1.82) is 0 Å². The first-order valence-electron chi connectivity index (χ1n) is 5.46. The fourth-order valence-corrected chi connectivity index (χ4v) is 2.02. The molecule has 17 heavy (non-hydrogen) atoms. The number of nitrogen functional groups attached to an aromatic ring is 1. The van der Waals surface area contributed by atoms with E-state index in [4.69, 9.17) is 5.73 Å². The van der Waals surface area contributed by atoms with Gasteiger partial charge in [0, 0.05) is 17.8 Å². The van der Waals surface area contributed by atoms with Gasteiger partial charge in [-0.05, 0) is 0 Å². The summed E-state index contributed by atoms with van der Waals surface area (Å²) in [6, 6.07) is 0. The van der Waals surface area contributed by atoms with E-state index in [0.717, 1.165) is 17.3 Å². The molecule has 6 heteroatoms. The lowest BCUT2D eigenvalue weighted by Gasteiger charge is -2.11. The summed E-state index contributed by atoms with van der Waals surface area (Å²) in [5, 5.41) is 6.99. The number of hydrogen-bond donors (Lipinski definition) is 1. The van der Waals surface area contributed by atoms with Gasteiger partial charge in [0.15, 0.2) is 11.0 Å². The van der Waals surface area contributed by atoms with Crippen molar-refractivity contribution >= 4 is 16.5 Å². The van der Waals surface area contributed by atoms with E-state index in [-0.39, 0.29) is 5.41 Å². The number of thiazole rings is 1. The number of anilines is 1. The second-order valence-electron chi connectivity index (χ2n) is 5.08. The lowest BCUT2D eigenvalue weighted by molar-refractivity contribution is 0.538. The predicted molar refractivity (Wildman–Crippen MR) is 69.0 cm³/mol. The van der Waals surface area contributed by atoms with Gasteiger partial charge in [-0.25, -0.2) is 9.97 Å².